The van der Waals surface area contributed by atoms with Gasteiger partial charge in [0.1, 0.15) is 35.1 Å². The van der Waals surface area contributed by atoms with Crippen LogP contribution in [0, 0.1) is 21.8 Å². The number of para-hydroxylation sites is 1. The zero-order chi connectivity index (χ0) is 45.6. The van der Waals surface area contributed by atoms with Crippen molar-refractivity contribution in [2.45, 2.75) is 112 Å². The number of allylic oxidation sites excluding steroid dienone is 1. The van der Waals surface area contributed by atoms with Crippen molar-refractivity contribution in [3.05, 3.63) is 81.7 Å². The van der Waals surface area contributed by atoms with E-state index in [0.29, 0.717) is 24.0 Å². The van der Waals surface area contributed by atoms with Crippen LogP contribution in [0.1, 0.15) is 70.4 Å². The summed E-state index contributed by atoms with van der Waals surface area (Å²) in [5, 5.41) is 16.3. The van der Waals surface area contributed by atoms with Crippen molar-refractivity contribution in [1.82, 2.24) is 29.5 Å². The summed E-state index contributed by atoms with van der Waals surface area (Å²) in [6, 6.07) is 5.65. The molecule has 2 saturated carbocycles. The van der Waals surface area contributed by atoms with Gasteiger partial charge >= 0.3 is 12.2 Å². The number of hydrogen-bond donors (Lipinski definition) is 3. The lowest BCUT2D eigenvalue weighted by Crippen LogP contribution is -2.60. The third kappa shape index (κ3) is 9.78. The Balaban J connectivity index is 1.25. The maximum atomic E-state index is 14.9. The van der Waals surface area contributed by atoms with E-state index in [1.54, 1.807) is 39.0 Å². The molecule has 0 radical (unpaired) electrons. The van der Waals surface area contributed by atoms with Gasteiger partial charge in [-0.25, -0.2) is 30.8 Å². The molecule has 63 heavy (non-hydrogen) atoms. The molecular formula is C40H48FN7O13S2. The van der Waals surface area contributed by atoms with Crippen molar-refractivity contribution in [3.8, 4) is 0 Å². The van der Waals surface area contributed by atoms with Gasteiger partial charge in [0.2, 0.25) is 31.9 Å². The van der Waals surface area contributed by atoms with Crippen LogP contribution in [0.25, 0.3) is 0 Å². The zero-order valence-corrected chi connectivity index (χ0v) is 36.3. The number of benzene rings is 2. The van der Waals surface area contributed by atoms with E-state index in [0.717, 1.165) is 21.3 Å². The van der Waals surface area contributed by atoms with Gasteiger partial charge in [-0.05, 0) is 70.6 Å². The number of nitrogens with zero attached hydrogens (tertiary/aromatic N) is 4. The first-order chi connectivity index (χ1) is 29.6. The monoisotopic (exact) mass is 917 g/mol. The fourth-order valence-electron chi connectivity index (χ4n) is 8.03. The van der Waals surface area contributed by atoms with E-state index in [2.05, 4.69) is 15.4 Å². The smallest absolute Gasteiger partial charge is 0.410 e. The number of hydrogen-bond acceptors (Lipinski definition) is 13. The van der Waals surface area contributed by atoms with Crippen molar-refractivity contribution in [1.29, 1.82) is 0 Å². The van der Waals surface area contributed by atoms with Gasteiger partial charge in [0.15, 0.2) is 4.90 Å². The van der Waals surface area contributed by atoms with Crippen molar-refractivity contribution in [2.75, 3.05) is 19.6 Å². The van der Waals surface area contributed by atoms with Gasteiger partial charge in [-0.15, -0.1) is 0 Å². The molecule has 5 atom stereocenters. The van der Waals surface area contributed by atoms with Gasteiger partial charge in [-0.2, -0.15) is 4.31 Å². The molecule has 0 aromatic heterocycles. The first kappa shape index (κ1) is 45.3. The predicted molar refractivity (Wildman–Crippen MR) is 218 cm³/mol. The number of fused-ring (bicyclic) bond motifs is 3. The van der Waals surface area contributed by atoms with Gasteiger partial charge in [-0.3, -0.25) is 34.1 Å². The van der Waals surface area contributed by atoms with E-state index < -0.39 is 125 Å². The molecule has 0 unspecified atom stereocenters. The van der Waals surface area contributed by atoms with Gasteiger partial charge in [0.25, 0.3) is 11.6 Å². The van der Waals surface area contributed by atoms with E-state index >= 15 is 0 Å². The summed E-state index contributed by atoms with van der Waals surface area (Å²) >= 11 is 0. The molecular weight excluding hydrogens is 870 g/mol. The Kier molecular flexibility index (Phi) is 12.3. The zero-order valence-electron chi connectivity index (χ0n) is 34.7. The van der Waals surface area contributed by atoms with E-state index in [9.17, 15) is 55.3 Å². The van der Waals surface area contributed by atoms with Crippen molar-refractivity contribution >= 4 is 55.6 Å². The number of halogens is 1. The number of carbonyl (C=O) groups excluding carboxylic acids is 5. The van der Waals surface area contributed by atoms with E-state index in [1.807, 2.05) is 0 Å². The van der Waals surface area contributed by atoms with Crippen LogP contribution in [-0.4, -0.2) is 120 Å². The predicted octanol–water partition coefficient (Wildman–Crippen LogP) is 2.57. The minimum Gasteiger partial charge on any atom is -0.444 e. The van der Waals surface area contributed by atoms with Crippen molar-refractivity contribution in [3.63, 3.8) is 0 Å². The largest absolute Gasteiger partial charge is 0.444 e. The lowest BCUT2D eigenvalue weighted by atomic mass is 10.1. The number of alkyl carbamates (subject to hydrolysis) is 1. The minimum atomic E-state index is -4.80. The summed E-state index contributed by atoms with van der Waals surface area (Å²) in [6.07, 6.45) is 0.487. The standard InChI is InChI=1S/C40H48FN7O13S2/c1-39(2,3)61-37(52)42-30-23-46(63(58,59)33-14-7-6-13-31(33)48(54)55)17-8-4-5-11-25-19-40(25,36(51)44-62(56,57)27-15-16-27)43-34(49)32-18-26(21-47(32)35(30)50)60-38(53)45-20-24-10-9-12-29(41)28(24)22-45/h5-7,9-14,25-27,30,32H,4,8,15-23H2,1-3H3,(H,42,52)(H,43,49)(H,44,51)/b11-5-/t25-,26-,30+,32+,40-/m1/s1. The van der Waals surface area contributed by atoms with Crippen LogP contribution < -0.4 is 15.4 Å². The Morgan fingerprint density at radius 2 is 1.75 bits per heavy atom. The van der Waals surface area contributed by atoms with Crippen LogP contribution >= 0.6 is 0 Å². The molecule has 5 aliphatic rings. The summed E-state index contributed by atoms with van der Waals surface area (Å²) in [7, 11) is -8.88. The quantitative estimate of drug-likeness (QED) is 0.196. The number of nitro groups is 1. The lowest BCUT2D eigenvalue weighted by Gasteiger charge is -2.32. The Hall–Kier alpha value is -5.68. The number of sulfonamides is 2. The van der Waals surface area contributed by atoms with Gasteiger partial charge < -0.3 is 25.0 Å². The fraction of sp³-hybridized carbons (Fsp3) is 0.525. The minimum absolute atomic E-state index is 0.00722. The van der Waals surface area contributed by atoms with Crippen LogP contribution in [-0.2, 0) is 57.0 Å². The second kappa shape index (κ2) is 17.1. The summed E-state index contributed by atoms with van der Waals surface area (Å²) in [5.74, 6) is -4.23. The molecule has 0 bridgehead atoms. The molecule has 3 N–H and O–H groups in total. The first-order valence-corrected chi connectivity index (χ1v) is 23.4. The van der Waals surface area contributed by atoms with Gasteiger partial charge in [0.05, 0.1) is 23.3 Å². The number of rotatable bonds is 8. The Morgan fingerprint density at radius 3 is 2.43 bits per heavy atom. The van der Waals surface area contributed by atoms with Crippen LogP contribution in [0.5, 0.6) is 0 Å². The Bertz CT molecular complexity index is 2480. The van der Waals surface area contributed by atoms with Crippen molar-refractivity contribution < 1.29 is 59.6 Å². The molecule has 23 heteroatoms. The highest BCUT2D eigenvalue weighted by molar-refractivity contribution is 7.91. The molecule has 1 saturated heterocycles. The maximum absolute atomic E-state index is 14.9. The lowest BCUT2D eigenvalue weighted by molar-refractivity contribution is -0.387. The summed E-state index contributed by atoms with van der Waals surface area (Å²) < 4.78 is 83.3. The molecule has 2 aromatic rings. The second-order valence-corrected chi connectivity index (χ2v) is 21.2. The summed E-state index contributed by atoms with van der Waals surface area (Å²) in [5.41, 5.74) is -2.78. The molecule has 3 heterocycles. The van der Waals surface area contributed by atoms with Crippen LogP contribution in [0.15, 0.2) is 59.5 Å². The average Bonchev–Trinajstić information content (AvgIpc) is 4.09. The number of nitrogens with one attached hydrogen (secondary N) is 3. The number of amides is 5. The van der Waals surface area contributed by atoms with Crippen LogP contribution in [0.3, 0.4) is 0 Å². The van der Waals surface area contributed by atoms with Gasteiger partial charge in [0, 0.05) is 43.6 Å². The molecule has 20 nitrogen and oxygen atoms in total. The van der Waals surface area contributed by atoms with Crippen molar-refractivity contribution in [2.24, 2.45) is 5.92 Å². The number of ether oxygens (including phenoxy) is 2. The third-order valence-corrected chi connectivity index (χ3v) is 15.2. The number of nitro benzene ring substituents is 1. The van der Waals surface area contributed by atoms with E-state index in [4.69, 9.17) is 9.47 Å². The average molecular weight is 918 g/mol. The van der Waals surface area contributed by atoms with Crippen LogP contribution in [0.4, 0.5) is 19.7 Å². The Labute approximate surface area is 362 Å². The van der Waals surface area contributed by atoms with Crippen LogP contribution in [0.2, 0.25) is 0 Å². The first-order valence-electron chi connectivity index (χ1n) is 20.4. The highest BCUT2D eigenvalue weighted by atomic mass is 32.2. The highest BCUT2D eigenvalue weighted by Gasteiger charge is 2.62. The molecule has 5 amide bonds. The topological polar surface area (TPSA) is 261 Å². The molecule has 3 aliphatic heterocycles. The maximum Gasteiger partial charge on any atom is 0.410 e. The molecule has 2 aromatic carbocycles. The summed E-state index contributed by atoms with van der Waals surface area (Å²) in [4.78, 5) is 82.9. The van der Waals surface area contributed by atoms with Gasteiger partial charge in [-0.1, -0.05) is 36.4 Å². The fourth-order valence-corrected chi connectivity index (χ4v) is 11.0. The normalized spacial score (nSPS) is 26.2. The van der Waals surface area contributed by atoms with E-state index in [1.165, 1.54) is 29.2 Å². The third-order valence-electron chi connectivity index (χ3n) is 11.5. The Morgan fingerprint density at radius 1 is 1.02 bits per heavy atom. The molecule has 0 spiro atoms. The number of carbonyl (C=O) groups is 5. The second-order valence-electron chi connectivity index (χ2n) is 17.3. The molecule has 340 valence electrons. The SMILES string of the molecule is CC(C)(C)OC(=O)N[C@H]1CN(S(=O)(=O)c2ccccc2[N+](=O)[O-])CCC/C=C\[C@@H]2C[C@@]2(C(=O)NS(=O)(=O)C2CC2)NC(=O)[C@@H]2C[C@@H](OC(=O)N3Cc4cccc(F)c4C3)CN2C1=O. The molecule has 7 rings (SSSR count). The summed E-state index contributed by atoms with van der Waals surface area (Å²) in [6.45, 7) is 2.89. The molecule has 2 aliphatic carbocycles. The molecule has 3 fully saturated rings. The van der Waals surface area contributed by atoms with E-state index in [-0.39, 0.29) is 45.3 Å². The highest BCUT2D eigenvalue weighted by Crippen LogP contribution is 2.46.